The van der Waals surface area contributed by atoms with Crippen LogP contribution >= 0.6 is 15.9 Å². The van der Waals surface area contributed by atoms with Crippen LogP contribution in [0.4, 0.5) is 0 Å². The predicted molar refractivity (Wildman–Crippen MR) is 58.9 cm³/mol. The van der Waals surface area contributed by atoms with Crippen molar-refractivity contribution < 1.29 is 14.3 Å². The summed E-state index contributed by atoms with van der Waals surface area (Å²) in [4.78, 5) is 10.8. The van der Waals surface area contributed by atoms with E-state index < -0.39 is 0 Å². The highest BCUT2D eigenvalue weighted by Gasteiger charge is 2.23. The van der Waals surface area contributed by atoms with Crippen LogP contribution in [0.3, 0.4) is 0 Å². The molecule has 1 aromatic carbocycles. The lowest BCUT2D eigenvalue weighted by Gasteiger charge is -2.25. The fourth-order valence-electron chi connectivity index (χ4n) is 1.65. The van der Waals surface area contributed by atoms with Crippen LogP contribution in [0.25, 0.3) is 0 Å². The van der Waals surface area contributed by atoms with Crippen molar-refractivity contribution in [2.75, 3.05) is 6.61 Å². The average molecular weight is 271 g/mol. The largest absolute Gasteiger partial charge is 0.489 e. The minimum Gasteiger partial charge on any atom is -0.489 e. The zero-order valence-corrected chi connectivity index (χ0v) is 9.91. The minimum absolute atomic E-state index is 0.173. The van der Waals surface area contributed by atoms with Crippen molar-refractivity contribution in [3.63, 3.8) is 0 Å². The molecule has 0 fully saturated rings. The quantitative estimate of drug-likeness (QED) is 0.735. The molecule has 1 aromatic rings. The Bertz CT molecular complexity index is 389. The third-order valence-corrected chi connectivity index (χ3v) is 3.01. The van der Waals surface area contributed by atoms with Gasteiger partial charge in [-0.3, -0.25) is 4.79 Å². The van der Waals surface area contributed by atoms with Gasteiger partial charge in [-0.05, 0) is 12.1 Å². The highest BCUT2D eigenvalue weighted by atomic mass is 79.9. The van der Waals surface area contributed by atoms with Crippen LogP contribution in [0.15, 0.2) is 22.7 Å². The molecule has 15 heavy (non-hydrogen) atoms. The van der Waals surface area contributed by atoms with Crippen molar-refractivity contribution in [1.29, 1.82) is 0 Å². The van der Waals surface area contributed by atoms with Crippen molar-refractivity contribution in [3.05, 3.63) is 28.2 Å². The first-order valence-corrected chi connectivity index (χ1v) is 5.53. The summed E-state index contributed by atoms with van der Waals surface area (Å²) < 4.78 is 11.6. The normalized spacial score (nSPS) is 18.9. The summed E-state index contributed by atoms with van der Waals surface area (Å²) in [5.74, 6) is 0.604. The Morgan fingerprint density at radius 2 is 2.40 bits per heavy atom. The summed E-state index contributed by atoms with van der Waals surface area (Å²) in [7, 11) is 0. The second-order valence-corrected chi connectivity index (χ2v) is 4.32. The van der Waals surface area contributed by atoms with Crippen LogP contribution in [-0.2, 0) is 16.0 Å². The SMILES string of the molecule is CC(=O)OC1COc2cccc(Br)c2C1. The summed E-state index contributed by atoms with van der Waals surface area (Å²) in [6.07, 6.45) is 0.532. The molecule has 1 heterocycles. The van der Waals surface area contributed by atoms with Gasteiger partial charge in [0.15, 0.2) is 0 Å². The molecule has 80 valence electrons. The number of rotatable bonds is 1. The van der Waals surface area contributed by atoms with Crippen LogP contribution in [0.2, 0.25) is 0 Å². The number of halogens is 1. The lowest BCUT2D eigenvalue weighted by atomic mass is 10.0. The Morgan fingerprint density at radius 3 is 3.13 bits per heavy atom. The van der Waals surface area contributed by atoms with Crippen LogP contribution in [-0.4, -0.2) is 18.7 Å². The van der Waals surface area contributed by atoms with Crippen molar-refractivity contribution in [2.24, 2.45) is 0 Å². The molecular formula is C11H11BrO3. The molecule has 0 amide bonds. The van der Waals surface area contributed by atoms with Crippen molar-refractivity contribution in [3.8, 4) is 5.75 Å². The Hall–Kier alpha value is -1.03. The third kappa shape index (κ3) is 2.31. The molecule has 4 heteroatoms. The first-order valence-electron chi connectivity index (χ1n) is 4.74. The summed E-state index contributed by atoms with van der Waals surface area (Å²) in [5.41, 5.74) is 1.06. The van der Waals surface area contributed by atoms with Gasteiger partial charge in [0.1, 0.15) is 18.5 Å². The van der Waals surface area contributed by atoms with Crippen LogP contribution in [0, 0.1) is 0 Å². The standard InChI is InChI=1S/C11H11BrO3/c1-7(13)15-8-5-9-10(12)3-2-4-11(9)14-6-8/h2-4,8H,5-6H2,1H3. The van der Waals surface area contributed by atoms with E-state index in [1.165, 1.54) is 6.92 Å². The minimum atomic E-state index is -0.265. The number of hydrogen-bond donors (Lipinski definition) is 0. The molecule has 1 aliphatic rings. The monoisotopic (exact) mass is 270 g/mol. The molecule has 0 saturated heterocycles. The molecule has 0 bridgehead atoms. The van der Waals surface area contributed by atoms with E-state index >= 15 is 0 Å². The molecule has 0 aromatic heterocycles. The second-order valence-electron chi connectivity index (χ2n) is 3.46. The highest BCUT2D eigenvalue weighted by molar-refractivity contribution is 9.10. The summed E-state index contributed by atoms with van der Waals surface area (Å²) in [6, 6.07) is 5.80. The first-order chi connectivity index (χ1) is 7.16. The van der Waals surface area contributed by atoms with E-state index in [1.807, 2.05) is 18.2 Å². The Morgan fingerprint density at radius 1 is 1.60 bits per heavy atom. The Kier molecular flexibility index (Phi) is 2.95. The molecular weight excluding hydrogens is 260 g/mol. The molecule has 0 spiro atoms. The van der Waals surface area contributed by atoms with Crippen molar-refractivity contribution in [1.82, 2.24) is 0 Å². The topological polar surface area (TPSA) is 35.5 Å². The lowest BCUT2D eigenvalue weighted by molar-refractivity contribution is -0.148. The molecule has 0 radical (unpaired) electrons. The number of hydrogen-bond acceptors (Lipinski definition) is 3. The molecule has 1 aliphatic heterocycles. The average Bonchev–Trinajstić information content (AvgIpc) is 2.18. The van der Waals surface area contributed by atoms with E-state index in [9.17, 15) is 4.79 Å². The fourth-order valence-corrected chi connectivity index (χ4v) is 2.16. The van der Waals surface area contributed by atoms with Gasteiger partial charge in [-0.15, -0.1) is 0 Å². The number of ether oxygens (including phenoxy) is 2. The maximum atomic E-state index is 10.8. The van der Waals surface area contributed by atoms with E-state index in [0.717, 1.165) is 15.8 Å². The van der Waals surface area contributed by atoms with Gasteiger partial charge in [0.25, 0.3) is 0 Å². The van der Waals surface area contributed by atoms with Crippen molar-refractivity contribution in [2.45, 2.75) is 19.4 Å². The van der Waals surface area contributed by atoms with Gasteiger partial charge >= 0.3 is 5.97 Å². The maximum Gasteiger partial charge on any atom is 0.303 e. The summed E-state index contributed by atoms with van der Waals surface area (Å²) in [6.45, 7) is 1.85. The van der Waals surface area contributed by atoms with Gasteiger partial charge in [-0.25, -0.2) is 0 Å². The lowest BCUT2D eigenvalue weighted by Crippen LogP contribution is -2.30. The van der Waals surface area contributed by atoms with Gasteiger partial charge < -0.3 is 9.47 Å². The molecule has 0 aliphatic carbocycles. The highest BCUT2D eigenvalue weighted by Crippen LogP contribution is 2.31. The summed E-state index contributed by atoms with van der Waals surface area (Å²) in [5, 5.41) is 0. The first kappa shape index (κ1) is 10.5. The van der Waals surface area contributed by atoms with Gasteiger partial charge in [0, 0.05) is 23.4 Å². The second kappa shape index (κ2) is 4.23. The Balaban J connectivity index is 2.18. The zero-order chi connectivity index (χ0) is 10.8. The zero-order valence-electron chi connectivity index (χ0n) is 8.33. The predicted octanol–water partition coefficient (Wildman–Crippen LogP) is 2.32. The van der Waals surface area contributed by atoms with Gasteiger partial charge in [-0.1, -0.05) is 22.0 Å². The number of fused-ring (bicyclic) bond motifs is 1. The number of carbonyl (C=O) groups excluding carboxylic acids is 1. The number of benzene rings is 1. The van der Waals surface area contributed by atoms with Crippen LogP contribution < -0.4 is 4.74 Å². The molecule has 1 atom stereocenters. The van der Waals surface area contributed by atoms with Gasteiger partial charge in [0.2, 0.25) is 0 Å². The molecule has 0 saturated carbocycles. The maximum absolute atomic E-state index is 10.8. The fraction of sp³-hybridized carbons (Fsp3) is 0.364. The smallest absolute Gasteiger partial charge is 0.303 e. The van der Waals surface area contributed by atoms with Crippen LogP contribution in [0.1, 0.15) is 12.5 Å². The third-order valence-electron chi connectivity index (χ3n) is 2.27. The summed E-state index contributed by atoms with van der Waals surface area (Å²) >= 11 is 3.46. The molecule has 1 unspecified atom stereocenters. The molecule has 0 N–H and O–H groups in total. The van der Waals surface area contributed by atoms with Gasteiger partial charge in [0.05, 0.1) is 0 Å². The number of esters is 1. The Labute approximate surface area is 96.5 Å². The van der Waals surface area contributed by atoms with E-state index in [2.05, 4.69) is 15.9 Å². The van der Waals surface area contributed by atoms with E-state index in [1.54, 1.807) is 0 Å². The molecule has 2 rings (SSSR count). The van der Waals surface area contributed by atoms with Crippen LogP contribution in [0.5, 0.6) is 5.75 Å². The van der Waals surface area contributed by atoms with E-state index in [4.69, 9.17) is 9.47 Å². The van der Waals surface area contributed by atoms with E-state index in [0.29, 0.717) is 13.0 Å². The van der Waals surface area contributed by atoms with Gasteiger partial charge in [-0.2, -0.15) is 0 Å². The van der Waals surface area contributed by atoms with Crippen molar-refractivity contribution >= 4 is 21.9 Å². The van der Waals surface area contributed by atoms with E-state index in [-0.39, 0.29) is 12.1 Å². The number of carbonyl (C=O) groups is 1. The molecule has 3 nitrogen and oxygen atoms in total.